The van der Waals surface area contributed by atoms with E-state index in [1.165, 1.54) is 12.8 Å². The van der Waals surface area contributed by atoms with E-state index < -0.39 is 0 Å². The van der Waals surface area contributed by atoms with Crippen molar-refractivity contribution in [1.29, 1.82) is 0 Å². The molecule has 0 saturated heterocycles. The van der Waals surface area contributed by atoms with Crippen LogP contribution in [0.2, 0.25) is 0 Å². The smallest absolute Gasteiger partial charge is 0.0549 e. The molecular weight excluding hydrogens is 217 g/mol. The van der Waals surface area contributed by atoms with Gasteiger partial charge < -0.3 is 5.32 Å². The molecule has 1 N–H and O–H groups in total. The van der Waals surface area contributed by atoms with E-state index in [4.69, 9.17) is 23.2 Å². The molecule has 0 amide bonds. The Balaban J connectivity index is 3.51. The van der Waals surface area contributed by atoms with E-state index in [9.17, 15) is 0 Å². The van der Waals surface area contributed by atoms with Gasteiger partial charge in [-0.15, -0.1) is 0 Å². The van der Waals surface area contributed by atoms with Crippen LogP contribution in [0.1, 0.15) is 33.1 Å². The molecule has 0 saturated carbocycles. The van der Waals surface area contributed by atoms with Crippen LogP contribution in [0.25, 0.3) is 0 Å². The highest BCUT2D eigenvalue weighted by atomic mass is 35.5. The Kier molecular flexibility index (Phi) is 9.58. The number of unbranched alkanes of at least 4 members (excludes halogenated alkanes) is 1. The van der Waals surface area contributed by atoms with E-state index in [-0.39, 0.29) is 0 Å². The third kappa shape index (κ3) is 7.43. The Bertz CT molecular complexity index is 197. The molecule has 0 aromatic rings. The van der Waals surface area contributed by atoms with Crippen molar-refractivity contribution >= 4 is 23.2 Å². The van der Waals surface area contributed by atoms with Crippen LogP contribution < -0.4 is 5.32 Å². The van der Waals surface area contributed by atoms with E-state index in [1.807, 2.05) is 13.0 Å². The van der Waals surface area contributed by atoms with Crippen LogP contribution in [-0.2, 0) is 0 Å². The summed E-state index contributed by atoms with van der Waals surface area (Å²) >= 11 is 11.7. The molecule has 0 bridgehead atoms. The van der Waals surface area contributed by atoms with Crippen molar-refractivity contribution in [2.75, 3.05) is 13.1 Å². The van der Waals surface area contributed by atoms with Gasteiger partial charge in [-0.3, -0.25) is 0 Å². The van der Waals surface area contributed by atoms with Gasteiger partial charge >= 0.3 is 0 Å². The Morgan fingerprint density at radius 3 is 2.50 bits per heavy atom. The van der Waals surface area contributed by atoms with Gasteiger partial charge in [0.2, 0.25) is 0 Å². The van der Waals surface area contributed by atoms with E-state index in [2.05, 4.69) is 12.2 Å². The van der Waals surface area contributed by atoms with Crippen molar-refractivity contribution in [2.24, 2.45) is 0 Å². The van der Waals surface area contributed by atoms with Crippen molar-refractivity contribution in [3.8, 4) is 0 Å². The fourth-order valence-electron chi connectivity index (χ4n) is 0.963. The Morgan fingerprint density at radius 2 is 1.93 bits per heavy atom. The minimum atomic E-state index is 0.625. The zero-order valence-electron chi connectivity index (χ0n) is 8.95. The minimum Gasteiger partial charge on any atom is -0.316 e. The maximum Gasteiger partial charge on any atom is 0.0549 e. The zero-order valence-corrected chi connectivity index (χ0v) is 10.5. The average Bonchev–Trinajstić information content (AvgIpc) is 2.21. The molecule has 0 fully saturated rings. The summed E-state index contributed by atoms with van der Waals surface area (Å²) in [7, 11) is 0. The van der Waals surface area contributed by atoms with E-state index >= 15 is 0 Å². The summed E-state index contributed by atoms with van der Waals surface area (Å²) in [6.45, 7) is 6.10. The highest BCUT2D eigenvalue weighted by Gasteiger charge is 1.95. The fraction of sp³-hybridized carbons (Fsp3) is 0.636. The highest BCUT2D eigenvalue weighted by Crippen LogP contribution is 2.18. The monoisotopic (exact) mass is 235 g/mol. The molecule has 0 spiro atoms. The minimum absolute atomic E-state index is 0.625. The first kappa shape index (κ1) is 14.0. The van der Waals surface area contributed by atoms with Crippen LogP contribution in [0.3, 0.4) is 0 Å². The average molecular weight is 236 g/mol. The maximum atomic E-state index is 5.90. The van der Waals surface area contributed by atoms with Crippen molar-refractivity contribution in [2.45, 2.75) is 33.1 Å². The molecule has 1 nitrogen and oxygen atoms in total. The summed E-state index contributed by atoms with van der Waals surface area (Å²) < 4.78 is 0. The van der Waals surface area contributed by atoms with Crippen LogP contribution in [-0.4, -0.2) is 13.1 Å². The van der Waals surface area contributed by atoms with Gasteiger partial charge in [0.05, 0.1) is 10.1 Å². The predicted molar refractivity (Wildman–Crippen MR) is 65.9 cm³/mol. The third-order valence-corrected chi connectivity index (χ3v) is 2.71. The summed E-state index contributed by atoms with van der Waals surface area (Å²) in [4.78, 5) is 0. The van der Waals surface area contributed by atoms with Crippen molar-refractivity contribution in [1.82, 2.24) is 5.32 Å². The standard InChI is InChI=1S/C11H19Cl2N/c1-3-5-8-14-9-6-7-11(13)10(12)4-2/h4,7,14H,3,5-6,8-9H2,1-2H3/b10-4+,11-7+. The summed E-state index contributed by atoms with van der Waals surface area (Å²) in [6.07, 6.45) is 7.13. The second-order valence-corrected chi connectivity index (χ2v) is 3.90. The second-order valence-electron chi connectivity index (χ2n) is 3.08. The molecule has 0 aromatic carbocycles. The molecule has 0 aromatic heterocycles. The normalized spacial score (nSPS) is 13.4. The van der Waals surface area contributed by atoms with E-state index in [1.54, 1.807) is 6.08 Å². The number of halogens is 2. The lowest BCUT2D eigenvalue weighted by Gasteiger charge is -2.01. The molecule has 3 heteroatoms. The Labute approximate surface area is 97.2 Å². The maximum absolute atomic E-state index is 5.90. The van der Waals surface area contributed by atoms with Crippen LogP contribution >= 0.6 is 23.2 Å². The molecule has 0 heterocycles. The number of hydrogen-bond donors (Lipinski definition) is 1. The summed E-state index contributed by atoms with van der Waals surface area (Å²) in [6, 6.07) is 0. The molecule has 0 aliphatic heterocycles. The SMILES string of the molecule is C/C=C(Cl)\C(Cl)=C/CCNCCCC. The van der Waals surface area contributed by atoms with E-state index in [0.717, 1.165) is 19.5 Å². The summed E-state index contributed by atoms with van der Waals surface area (Å²) in [5, 5.41) is 4.60. The molecule has 82 valence electrons. The molecule has 0 aliphatic rings. The van der Waals surface area contributed by atoms with Crippen molar-refractivity contribution < 1.29 is 0 Å². The van der Waals surface area contributed by atoms with Crippen molar-refractivity contribution in [3.05, 3.63) is 22.2 Å². The first-order valence-electron chi connectivity index (χ1n) is 5.11. The molecular formula is C11H19Cl2N. The Morgan fingerprint density at radius 1 is 1.21 bits per heavy atom. The van der Waals surface area contributed by atoms with Gasteiger partial charge in [-0.2, -0.15) is 0 Å². The first-order valence-corrected chi connectivity index (χ1v) is 5.86. The van der Waals surface area contributed by atoms with Gasteiger partial charge in [0.1, 0.15) is 0 Å². The molecule has 0 atom stereocenters. The zero-order chi connectivity index (χ0) is 10.8. The Hall–Kier alpha value is 0.0200. The fourth-order valence-corrected chi connectivity index (χ4v) is 1.26. The summed E-state index contributed by atoms with van der Waals surface area (Å²) in [5.41, 5.74) is 0. The highest BCUT2D eigenvalue weighted by molar-refractivity contribution is 6.43. The van der Waals surface area contributed by atoms with E-state index in [0.29, 0.717) is 10.1 Å². The van der Waals surface area contributed by atoms with Gasteiger partial charge in [-0.25, -0.2) is 0 Å². The van der Waals surface area contributed by atoms with Crippen molar-refractivity contribution in [3.63, 3.8) is 0 Å². The van der Waals surface area contributed by atoms with Crippen LogP contribution in [0.15, 0.2) is 22.2 Å². The molecule has 0 unspecified atom stereocenters. The lowest BCUT2D eigenvalue weighted by molar-refractivity contribution is 0.645. The predicted octanol–water partition coefficient (Wildman–Crippen LogP) is 4.03. The molecule has 0 aliphatic carbocycles. The summed E-state index contributed by atoms with van der Waals surface area (Å²) in [5.74, 6) is 0. The van der Waals surface area contributed by atoms with Gasteiger partial charge in [0.25, 0.3) is 0 Å². The number of nitrogens with one attached hydrogen (secondary N) is 1. The number of hydrogen-bond acceptors (Lipinski definition) is 1. The van der Waals surface area contributed by atoms with Gasteiger partial charge in [0.15, 0.2) is 0 Å². The van der Waals surface area contributed by atoms with Crippen LogP contribution in [0.5, 0.6) is 0 Å². The molecule has 0 radical (unpaired) electrons. The van der Waals surface area contributed by atoms with Crippen LogP contribution in [0.4, 0.5) is 0 Å². The molecule has 0 rings (SSSR count). The van der Waals surface area contributed by atoms with Gasteiger partial charge in [-0.1, -0.05) is 48.7 Å². The first-order chi connectivity index (χ1) is 6.72. The third-order valence-electron chi connectivity index (χ3n) is 1.83. The molecule has 14 heavy (non-hydrogen) atoms. The largest absolute Gasteiger partial charge is 0.316 e. The number of allylic oxidation sites excluding steroid dienone is 3. The van der Waals surface area contributed by atoms with Gasteiger partial charge in [0, 0.05) is 0 Å². The second kappa shape index (κ2) is 9.57. The lowest BCUT2D eigenvalue weighted by atomic mass is 10.3. The number of rotatable bonds is 7. The quantitative estimate of drug-likeness (QED) is 0.519. The van der Waals surface area contributed by atoms with Crippen LogP contribution in [0, 0.1) is 0 Å². The lowest BCUT2D eigenvalue weighted by Crippen LogP contribution is -2.15. The van der Waals surface area contributed by atoms with Gasteiger partial charge in [-0.05, 0) is 32.9 Å². The topological polar surface area (TPSA) is 12.0 Å².